The standard InChI is InChI=1S/C19H22ClNOS/c1-11-9-12(2)14(4)19(13(11)3)23-10-18(22)21-17-8-6-7-16(20)15(17)5/h6-9H,10H2,1-5H3,(H,21,22). The van der Waals surface area contributed by atoms with Crippen LogP contribution in [0.3, 0.4) is 0 Å². The van der Waals surface area contributed by atoms with E-state index < -0.39 is 0 Å². The lowest BCUT2D eigenvalue weighted by Gasteiger charge is -2.15. The molecule has 0 saturated heterocycles. The van der Waals surface area contributed by atoms with Crippen LogP contribution in [0.4, 0.5) is 5.69 Å². The van der Waals surface area contributed by atoms with E-state index in [9.17, 15) is 4.79 Å². The lowest BCUT2D eigenvalue weighted by atomic mass is 10.0. The van der Waals surface area contributed by atoms with Crippen molar-refractivity contribution in [3.63, 3.8) is 0 Å². The lowest BCUT2D eigenvalue weighted by Crippen LogP contribution is -2.15. The van der Waals surface area contributed by atoms with Crippen LogP contribution < -0.4 is 5.32 Å². The Morgan fingerprint density at radius 1 is 1.04 bits per heavy atom. The Kier molecular flexibility index (Phi) is 5.77. The van der Waals surface area contributed by atoms with Gasteiger partial charge in [-0.2, -0.15) is 0 Å². The number of nitrogens with one attached hydrogen (secondary N) is 1. The molecule has 0 spiro atoms. The van der Waals surface area contributed by atoms with Gasteiger partial charge in [0, 0.05) is 15.6 Å². The van der Waals surface area contributed by atoms with Gasteiger partial charge in [0.2, 0.25) is 5.91 Å². The van der Waals surface area contributed by atoms with Crippen molar-refractivity contribution in [3.8, 4) is 0 Å². The monoisotopic (exact) mass is 347 g/mol. The zero-order chi connectivity index (χ0) is 17.1. The van der Waals surface area contributed by atoms with Gasteiger partial charge in [-0.15, -0.1) is 11.8 Å². The molecule has 0 aromatic heterocycles. The average molecular weight is 348 g/mol. The first kappa shape index (κ1) is 17.9. The second-order valence-corrected chi connectivity index (χ2v) is 7.23. The number of hydrogen-bond acceptors (Lipinski definition) is 2. The van der Waals surface area contributed by atoms with E-state index in [0.717, 1.165) is 11.3 Å². The summed E-state index contributed by atoms with van der Waals surface area (Å²) in [5, 5.41) is 3.61. The van der Waals surface area contributed by atoms with E-state index in [1.807, 2.05) is 25.1 Å². The van der Waals surface area contributed by atoms with Gasteiger partial charge in [0.25, 0.3) is 0 Å². The normalized spacial score (nSPS) is 10.7. The molecule has 0 saturated carbocycles. The number of aryl methyl sites for hydroxylation is 2. The van der Waals surface area contributed by atoms with Crippen molar-refractivity contribution in [3.05, 3.63) is 57.1 Å². The number of amides is 1. The Hall–Kier alpha value is -1.45. The molecule has 2 aromatic carbocycles. The molecule has 0 fully saturated rings. The Morgan fingerprint density at radius 2 is 1.65 bits per heavy atom. The van der Waals surface area contributed by atoms with Gasteiger partial charge < -0.3 is 5.32 Å². The molecular formula is C19H22ClNOS. The summed E-state index contributed by atoms with van der Waals surface area (Å²) >= 11 is 7.68. The quantitative estimate of drug-likeness (QED) is 0.728. The van der Waals surface area contributed by atoms with Crippen LogP contribution in [-0.4, -0.2) is 11.7 Å². The van der Waals surface area contributed by atoms with E-state index in [1.165, 1.54) is 27.1 Å². The highest BCUT2D eigenvalue weighted by atomic mass is 35.5. The second kappa shape index (κ2) is 7.41. The van der Waals surface area contributed by atoms with E-state index in [-0.39, 0.29) is 5.91 Å². The van der Waals surface area contributed by atoms with Crippen molar-refractivity contribution in [1.29, 1.82) is 0 Å². The highest BCUT2D eigenvalue weighted by molar-refractivity contribution is 8.00. The molecule has 0 atom stereocenters. The molecule has 2 aromatic rings. The molecule has 1 N–H and O–H groups in total. The number of thioether (sulfide) groups is 1. The maximum atomic E-state index is 12.3. The molecular weight excluding hydrogens is 326 g/mol. The number of benzene rings is 2. The summed E-state index contributed by atoms with van der Waals surface area (Å²) in [4.78, 5) is 13.5. The van der Waals surface area contributed by atoms with Crippen LogP contribution in [0, 0.1) is 34.6 Å². The number of halogens is 1. The van der Waals surface area contributed by atoms with Crippen LogP contribution >= 0.6 is 23.4 Å². The summed E-state index contributed by atoms with van der Waals surface area (Å²) < 4.78 is 0. The van der Waals surface area contributed by atoms with Crippen LogP contribution in [0.5, 0.6) is 0 Å². The van der Waals surface area contributed by atoms with Crippen molar-refractivity contribution in [2.24, 2.45) is 0 Å². The Labute approximate surface area is 147 Å². The van der Waals surface area contributed by atoms with Gasteiger partial charge in [-0.3, -0.25) is 4.79 Å². The molecule has 0 radical (unpaired) electrons. The van der Waals surface area contributed by atoms with E-state index in [1.54, 1.807) is 11.8 Å². The van der Waals surface area contributed by atoms with Crippen molar-refractivity contribution in [1.82, 2.24) is 0 Å². The molecule has 122 valence electrons. The summed E-state index contributed by atoms with van der Waals surface area (Å²) in [5.74, 6) is 0.370. The van der Waals surface area contributed by atoms with Gasteiger partial charge in [0.05, 0.1) is 5.75 Å². The largest absolute Gasteiger partial charge is 0.325 e. The molecule has 0 unspecified atom stereocenters. The average Bonchev–Trinajstić information content (AvgIpc) is 2.50. The summed E-state index contributed by atoms with van der Waals surface area (Å²) in [6, 6.07) is 7.74. The molecule has 0 bridgehead atoms. The van der Waals surface area contributed by atoms with Gasteiger partial charge in [-0.05, 0) is 74.6 Å². The summed E-state index contributed by atoms with van der Waals surface area (Å²) in [7, 11) is 0. The van der Waals surface area contributed by atoms with E-state index in [2.05, 4.69) is 39.1 Å². The number of anilines is 1. The van der Waals surface area contributed by atoms with Gasteiger partial charge in [0.1, 0.15) is 0 Å². The van der Waals surface area contributed by atoms with Crippen LogP contribution in [0.2, 0.25) is 5.02 Å². The number of rotatable bonds is 4. The van der Waals surface area contributed by atoms with Crippen LogP contribution in [0.1, 0.15) is 27.8 Å². The maximum Gasteiger partial charge on any atom is 0.234 e. The molecule has 0 aliphatic heterocycles. The fraction of sp³-hybridized carbons (Fsp3) is 0.316. The molecule has 2 rings (SSSR count). The smallest absolute Gasteiger partial charge is 0.234 e. The molecule has 0 heterocycles. The molecule has 2 nitrogen and oxygen atoms in total. The first-order valence-electron chi connectivity index (χ1n) is 7.56. The third kappa shape index (κ3) is 4.10. The van der Waals surface area contributed by atoms with E-state index >= 15 is 0 Å². The number of carbonyl (C=O) groups is 1. The zero-order valence-corrected chi connectivity index (χ0v) is 15.8. The van der Waals surface area contributed by atoms with Gasteiger partial charge in [-0.25, -0.2) is 0 Å². The molecule has 0 aliphatic carbocycles. The first-order chi connectivity index (χ1) is 10.8. The molecule has 0 aliphatic rings. The predicted molar refractivity (Wildman–Crippen MR) is 101 cm³/mol. The Morgan fingerprint density at radius 3 is 2.26 bits per heavy atom. The minimum Gasteiger partial charge on any atom is -0.325 e. The topological polar surface area (TPSA) is 29.1 Å². The Balaban J connectivity index is 2.10. The third-order valence-corrected chi connectivity index (χ3v) is 5.90. The summed E-state index contributed by atoms with van der Waals surface area (Å²) in [6.45, 7) is 10.4. The fourth-order valence-electron chi connectivity index (χ4n) is 2.46. The van der Waals surface area contributed by atoms with Gasteiger partial charge in [-0.1, -0.05) is 23.7 Å². The number of hydrogen-bond donors (Lipinski definition) is 1. The van der Waals surface area contributed by atoms with Gasteiger partial charge in [0.15, 0.2) is 0 Å². The van der Waals surface area contributed by atoms with Crippen LogP contribution in [0.25, 0.3) is 0 Å². The third-order valence-electron chi connectivity index (χ3n) is 4.19. The minimum absolute atomic E-state index is 0.0154. The predicted octanol–water partition coefficient (Wildman–Crippen LogP) is 5.61. The van der Waals surface area contributed by atoms with Crippen molar-refractivity contribution in [2.75, 3.05) is 11.1 Å². The first-order valence-corrected chi connectivity index (χ1v) is 8.92. The second-order valence-electron chi connectivity index (χ2n) is 5.84. The highest BCUT2D eigenvalue weighted by Gasteiger charge is 2.12. The SMILES string of the molecule is Cc1cc(C)c(C)c(SCC(=O)Nc2cccc(Cl)c2C)c1C. The lowest BCUT2D eigenvalue weighted by molar-refractivity contribution is -0.113. The number of carbonyl (C=O) groups excluding carboxylic acids is 1. The van der Waals surface area contributed by atoms with Gasteiger partial charge >= 0.3 is 0 Å². The molecule has 4 heteroatoms. The van der Waals surface area contributed by atoms with E-state index in [4.69, 9.17) is 11.6 Å². The minimum atomic E-state index is -0.0154. The zero-order valence-electron chi connectivity index (χ0n) is 14.2. The molecule has 1 amide bonds. The fourth-order valence-corrected chi connectivity index (χ4v) is 3.74. The molecule has 23 heavy (non-hydrogen) atoms. The highest BCUT2D eigenvalue weighted by Crippen LogP contribution is 2.31. The van der Waals surface area contributed by atoms with E-state index in [0.29, 0.717) is 10.8 Å². The summed E-state index contributed by atoms with van der Waals surface area (Å²) in [6.07, 6.45) is 0. The maximum absolute atomic E-state index is 12.3. The van der Waals surface area contributed by atoms with Crippen LogP contribution in [0.15, 0.2) is 29.2 Å². The van der Waals surface area contributed by atoms with Crippen molar-refractivity contribution < 1.29 is 4.79 Å². The van der Waals surface area contributed by atoms with Crippen LogP contribution in [-0.2, 0) is 4.79 Å². The Bertz CT molecular complexity index is 729. The van der Waals surface area contributed by atoms with Crippen molar-refractivity contribution >= 4 is 35.0 Å². The van der Waals surface area contributed by atoms with Crippen molar-refractivity contribution in [2.45, 2.75) is 39.5 Å². The summed E-state index contributed by atoms with van der Waals surface area (Å²) in [5.41, 5.74) is 6.71.